The van der Waals surface area contributed by atoms with Gasteiger partial charge in [0, 0.05) is 43.1 Å². The van der Waals surface area contributed by atoms with E-state index in [1.54, 1.807) is 37.6 Å². The number of carbonyl (C=O) groups is 2. The lowest BCUT2D eigenvalue weighted by Gasteiger charge is -2.32. The summed E-state index contributed by atoms with van der Waals surface area (Å²) in [6.45, 7) is 9.90. The fourth-order valence-electron chi connectivity index (χ4n) is 5.02. The number of hydrogen-bond donors (Lipinski definition) is 3. The van der Waals surface area contributed by atoms with Crippen LogP contribution < -0.4 is 25.4 Å². The van der Waals surface area contributed by atoms with Gasteiger partial charge in [-0.25, -0.2) is 9.78 Å². The second-order valence-electron chi connectivity index (χ2n) is 10.9. The molecule has 2 aromatic carbocycles. The minimum absolute atomic E-state index is 0.124. The van der Waals surface area contributed by atoms with Gasteiger partial charge in [-0.1, -0.05) is 38.5 Å². The number of rotatable bonds is 15. The van der Waals surface area contributed by atoms with Gasteiger partial charge in [0.1, 0.15) is 17.6 Å². The summed E-state index contributed by atoms with van der Waals surface area (Å²) in [5.74, 6) is 1.09. The Bertz CT molecular complexity index is 1340. The highest BCUT2D eigenvalue weighted by Gasteiger charge is 2.20. The number of nitrogens with one attached hydrogen (secondary N) is 3. The van der Waals surface area contributed by atoms with Gasteiger partial charge in [-0.15, -0.1) is 0 Å². The van der Waals surface area contributed by atoms with Crippen LogP contribution in [-0.4, -0.2) is 60.7 Å². The van der Waals surface area contributed by atoms with E-state index in [1.165, 1.54) is 30.7 Å². The van der Waals surface area contributed by atoms with Gasteiger partial charge in [-0.2, -0.15) is 0 Å². The number of benzene rings is 2. The third-order valence-electron chi connectivity index (χ3n) is 7.64. The standard InChI is InChI=1S/C33H45N5O5S/c1-5-8-17-38-18-15-28(16-19-38)42-27-12-9-23(10-13-27)31(39)37-33-34-21-30(44-33)43-29-14-11-26(20-24(29)22-41-4)36-32(40)35-25(6-2)7-3/h9-14,20-21,25,28H,5-8,15-19,22H2,1-4H3,(H,34,37,39)(H2,35,36,40). The number of urea groups is 1. The van der Waals surface area contributed by atoms with Crippen molar-refractivity contribution in [1.29, 1.82) is 0 Å². The van der Waals surface area contributed by atoms with E-state index in [0.717, 1.165) is 50.1 Å². The number of carbonyl (C=O) groups excluding carboxylic acids is 2. The number of piperidine rings is 1. The van der Waals surface area contributed by atoms with Crippen LogP contribution in [0, 0.1) is 0 Å². The molecule has 11 heteroatoms. The minimum Gasteiger partial charge on any atom is -0.490 e. The monoisotopic (exact) mass is 623 g/mol. The number of thiazole rings is 1. The fraction of sp³-hybridized carbons (Fsp3) is 0.485. The van der Waals surface area contributed by atoms with E-state index in [-0.39, 0.29) is 24.1 Å². The van der Waals surface area contributed by atoms with Crippen molar-refractivity contribution in [2.75, 3.05) is 37.4 Å². The number of amides is 3. The van der Waals surface area contributed by atoms with Crippen LogP contribution in [-0.2, 0) is 11.3 Å². The molecule has 10 nitrogen and oxygen atoms in total. The molecule has 1 aliphatic rings. The van der Waals surface area contributed by atoms with Crippen molar-refractivity contribution < 1.29 is 23.8 Å². The van der Waals surface area contributed by atoms with Crippen LogP contribution in [0.3, 0.4) is 0 Å². The van der Waals surface area contributed by atoms with E-state index in [1.807, 2.05) is 32.0 Å². The minimum atomic E-state index is -0.260. The largest absolute Gasteiger partial charge is 0.490 e. The molecule has 44 heavy (non-hydrogen) atoms. The molecule has 3 N–H and O–H groups in total. The second kappa shape index (κ2) is 17.0. The summed E-state index contributed by atoms with van der Waals surface area (Å²) < 4.78 is 17.6. The quantitative estimate of drug-likeness (QED) is 0.163. The van der Waals surface area contributed by atoms with E-state index in [9.17, 15) is 9.59 Å². The summed E-state index contributed by atoms with van der Waals surface area (Å²) in [6, 6.07) is 12.5. The molecule has 238 valence electrons. The highest BCUT2D eigenvalue weighted by molar-refractivity contribution is 7.17. The molecule has 3 aromatic rings. The van der Waals surface area contributed by atoms with Crippen molar-refractivity contribution >= 4 is 34.1 Å². The number of nitrogens with zero attached hydrogens (tertiary/aromatic N) is 2. The Morgan fingerprint density at radius 2 is 1.80 bits per heavy atom. The lowest BCUT2D eigenvalue weighted by atomic mass is 10.1. The normalized spacial score (nSPS) is 13.9. The molecule has 1 aliphatic heterocycles. The maximum atomic E-state index is 12.9. The first-order valence-electron chi connectivity index (χ1n) is 15.5. The molecule has 1 fully saturated rings. The van der Waals surface area contributed by atoms with Crippen molar-refractivity contribution in [1.82, 2.24) is 15.2 Å². The molecule has 0 bridgehead atoms. The third kappa shape index (κ3) is 9.93. The highest BCUT2D eigenvalue weighted by atomic mass is 32.1. The van der Waals surface area contributed by atoms with Gasteiger partial charge in [0.15, 0.2) is 5.13 Å². The van der Waals surface area contributed by atoms with Crippen molar-refractivity contribution in [3.05, 3.63) is 59.8 Å². The van der Waals surface area contributed by atoms with Gasteiger partial charge in [0.25, 0.3) is 5.91 Å². The van der Waals surface area contributed by atoms with Crippen molar-refractivity contribution in [3.63, 3.8) is 0 Å². The van der Waals surface area contributed by atoms with Gasteiger partial charge >= 0.3 is 6.03 Å². The van der Waals surface area contributed by atoms with E-state index in [2.05, 4.69) is 32.8 Å². The lowest BCUT2D eigenvalue weighted by molar-refractivity contribution is 0.0996. The summed E-state index contributed by atoms with van der Waals surface area (Å²) in [5.41, 5.74) is 1.91. The zero-order valence-electron chi connectivity index (χ0n) is 26.2. The Morgan fingerprint density at radius 1 is 1.05 bits per heavy atom. The number of likely N-dealkylation sites (tertiary alicyclic amines) is 1. The lowest BCUT2D eigenvalue weighted by Crippen LogP contribution is -2.38. The zero-order valence-corrected chi connectivity index (χ0v) is 27.0. The summed E-state index contributed by atoms with van der Waals surface area (Å²) in [7, 11) is 1.60. The van der Waals surface area contributed by atoms with Crippen molar-refractivity contribution in [3.8, 4) is 16.6 Å². The number of ether oxygens (including phenoxy) is 3. The molecule has 0 spiro atoms. The molecular formula is C33H45N5O5S. The molecule has 0 atom stereocenters. The van der Waals surface area contributed by atoms with Crippen LogP contribution in [0.2, 0.25) is 0 Å². The summed E-state index contributed by atoms with van der Waals surface area (Å²) in [5, 5.41) is 9.62. The van der Waals surface area contributed by atoms with Crippen molar-refractivity contribution in [2.24, 2.45) is 0 Å². The first kappa shape index (κ1) is 33.2. The molecular weight excluding hydrogens is 578 g/mol. The van der Waals surface area contributed by atoms with Crippen LogP contribution in [0.15, 0.2) is 48.7 Å². The molecule has 1 saturated heterocycles. The number of aromatic nitrogens is 1. The van der Waals surface area contributed by atoms with Gasteiger partial charge in [-0.05, 0) is 81.1 Å². The Morgan fingerprint density at radius 3 is 2.48 bits per heavy atom. The number of unbranched alkanes of at least 4 members (excludes halogenated alkanes) is 1. The molecule has 0 radical (unpaired) electrons. The topological polar surface area (TPSA) is 114 Å². The van der Waals surface area contributed by atoms with Gasteiger partial charge in [-0.3, -0.25) is 10.1 Å². The smallest absolute Gasteiger partial charge is 0.319 e. The molecule has 0 aliphatic carbocycles. The SMILES string of the molecule is CCCCN1CCC(Oc2ccc(C(=O)Nc3ncc(Oc4ccc(NC(=O)NC(CC)CC)cc4COC)s3)cc2)CC1. The van der Waals surface area contributed by atoms with Gasteiger partial charge in [0.05, 0.1) is 12.8 Å². The molecule has 1 aromatic heterocycles. The molecule has 0 saturated carbocycles. The zero-order chi connectivity index (χ0) is 31.3. The Balaban J connectivity index is 1.29. The molecule has 3 amide bonds. The number of anilines is 2. The van der Waals surface area contributed by atoms with Crippen LogP contribution in [0.25, 0.3) is 0 Å². The predicted octanol–water partition coefficient (Wildman–Crippen LogP) is 7.29. The van der Waals surface area contributed by atoms with E-state index < -0.39 is 0 Å². The Labute approximate surface area is 264 Å². The predicted molar refractivity (Wildman–Crippen MR) is 175 cm³/mol. The maximum absolute atomic E-state index is 12.9. The van der Waals surface area contributed by atoms with Gasteiger partial charge in [0.2, 0.25) is 5.06 Å². The van der Waals surface area contributed by atoms with Gasteiger partial charge < -0.3 is 29.7 Å². The van der Waals surface area contributed by atoms with E-state index >= 15 is 0 Å². The van der Waals surface area contributed by atoms with Crippen LogP contribution in [0.4, 0.5) is 15.6 Å². The third-order valence-corrected chi connectivity index (χ3v) is 8.43. The van der Waals surface area contributed by atoms with Crippen LogP contribution in [0.1, 0.15) is 75.2 Å². The average Bonchev–Trinajstić information content (AvgIpc) is 3.47. The maximum Gasteiger partial charge on any atom is 0.319 e. The van der Waals surface area contributed by atoms with E-state index in [0.29, 0.717) is 33.8 Å². The first-order valence-corrected chi connectivity index (χ1v) is 16.4. The average molecular weight is 624 g/mol. The molecule has 2 heterocycles. The summed E-state index contributed by atoms with van der Waals surface area (Å²) in [6.07, 6.45) is 8.00. The van der Waals surface area contributed by atoms with Crippen molar-refractivity contribution in [2.45, 2.75) is 78.0 Å². The van der Waals surface area contributed by atoms with Crippen LogP contribution in [0.5, 0.6) is 16.6 Å². The first-order chi connectivity index (χ1) is 21.4. The summed E-state index contributed by atoms with van der Waals surface area (Å²) in [4.78, 5) is 32.1. The molecule has 4 rings (SSSR count). The highest BCUT2D eigenvalue weighted by Crippen LogP contribution is 2.34. The fourth-order valence-corrected chi connectivity index (χ4v) is 5.70. The second-order valence-corrected chi connectivity index (χ2v) is 11.9. The number of methoxy groups -OCH3 is 1. The number of hydrogen-bond acceptors (Lipinski definition) is 8. The summed E-state index contributed by atoms with van der Waals surface area (Å²) >= 11 is 1.22. The Kier molecular flexibility index (Phi) is 12.8. The van der Waals surface area contributed by atoms with E-state index in [4.69, 9.17) is 14.2 Å². The van der Waals surface area contributed by atoms with Crippen LogP contribution >= 0.6 is 11.3 Å². The Hall–Kier alpha value is -3.67. The molecule has 0 unspecified atom stereocenters.